The standard InChI is InChI=1S/C14H16N4O/c1-3-17-13-4-5-15-9-12(13)14(19)18-11-6-10(2)7-16-8-11/h4-9H,3H2,1-2H3,(H,15,17)(H,18,19). The molecule has 0 aliphatic rings. The van der Waals surface area contributed by atoms with Crippen LogP contribution in [0, 0.1) is 6.92 Å². The zero-order valence-corrected chi connectivity index (χ0v) is 11.0. The highest BCUT2D eigenvalue weighted by Gasteiger charge is 2.11. The van der Waals surface area contributed by atoms with Crippen molar-refractivity contribution in [2.24, 2.45) is 0 Å². The summed E-state index contributed by atoms with van der Waals surface area (Å²) in [5.74, 6) is -0.198. The van der Waals surface area contributed by atoms with E-state index in [1.54, 1.807) is 30.9 Å². The van der Waals surface area contributed by atoms with E-state index in [-0.39, 0.29) is 5.91 Å². The SMILES string of the molecule is CCNc1ccncc1C(=O)Nc1cncc(C)c1. The Morgan fingerprint density at radius 3 is 2.84 bits per heavy atom. The molecule has 5 heteroatoms. The Bertz CT molecular complexity index is 583. The molecular weight excluding hydrogens is 240 g/mol. The van der Waals surface area contributed by atoms with Crippen molar-refractivity contribution < 1.29 is 4.79 Å². The minimum Gasteiger partial charge on any atom is -0.385 e. The monoisotopic (exact) mass is 256 g/mol. The lowest BCUT2D eigenvalue weighted by Gasteiger charge is -2.10. The number of aryl methyl sites for hydroxylation is 1. The average molecular weight is 256 g/mol. The lowest BCUT2D eigenvalue weighted by Crippen LogP contribution is -2.15. The van der Waals surface area contributed by atoms with Crippen molar-refractivity contribution in [1.82, 2.24) is 9.97 Å². The van der Waals surface area contributed by atoms with Crippen LogP contribution < -0.4 is 10.6 Å². The maximum atomic E-state index is 12.2. The number of nitrogens with zero attached hydrogens (tertiary/aromatic N) is 2. The third-order valence-corrected chi connectivity index (χ3v) is 2.57. The van der Waals surface area contributed by atoms with Crippen LogP contribution in [0.4, 0.5) is 11.4 Å². The summed E-state index contributed by atoms with van der Waals surface area (Å²) in [5, 5.41) is 5.95. The van der Waals surface area contributed by atoms with Gasteiger partial charge in [-0.25, -0.2) is 0 Å². The first-order valence-electron chi connectivity index (χ1n) is 6.11. The predicted molar refractivity (Wildman–Crippen MR) is 75.3 cm³/mol. The highest BCUT2D eigenvalue weighted by Crippen LogP contribution is 2.16. The molecular formula is C14H16N4O. The van der Waals surface area contributed by atoms with Gasteiger partial charge in [0.15, 0.2) is 0 Å². The van der Waals surface area contributed by atoms with Crippen LogP contribution >= 0.6 is 0 Å². The van der Waals surface area contributed by atoms with Crippen LogP contribution in [0.1, 0.15) is 22.8 Å². The van der Waals surface area contributed by atoms with Gasteiger partial charge in [-0.05, 0) is 31.5 Å². The number of nitrogens with one attached hydrogen (secondary N) is 2. The Morgan fingerprint density at radius 2 is 2.11 bits per heavy atom. The summed E-state index contributed by atoms with van der Waals surface area (Å²) < 4.78 is 0. The zero-order valence-electron chi connectivity index (χ0n) is 11.0. The summed E-state index contributed by atoms with van der Waals surface area (Å²) >= 11 is 0. The van der Waals surface area contributed by atoms with E-state index in [0.717, 1.165) is 17.8 Å². The number of rotatable bonds is 4. The summed E-state index contributed by atoms with van der Waals surface area (Å²) in [7, 11) is 0. The molecule has 2 rings (SSSR count). The summed E-state index contributed by atoms with van der Waals surface area (Å²) in [4.78, 5) is 20.2. The Labute approximate surface area is 112 Å². The molecule has 0 spiro atoms. The summed E-state index contributed by atoms with van der Waals surface area (Å²) in [6.07, 6.45) is 6.57. The van der Waals surface area contributed by atoms with E-state index in [0.29, 0.717) is 11.3 Å². The van der Waals surface area contributed by atoms with Crippen LogP contribution in [0.15, 0.2) is 36.9 Å². The van der Waals surface area contributed by atoms with Crippen molar-refractivity contribution >= 4 is 17.3 Å². The smallest absolute Gasteiger partial charge is 0.259 e. The highest BCUT2D eigenvalue weighted by molar-refractivity contribution is 6.07. The number of hydrogen-bond acceptors (Lipinski definition) is 4. The first kappa shape index (κ1) is 13.0. The van der Waals surface area contributed by atoms with Crippen LogP contribution in [0.3, 0.4) is 0 Å². The van der Waals surface area contributed by atoms with Gasteiger partial charge in [-0.1, -0.05) is 0 Å². The Morgan fingerprint density at radius 1 is 1.26 bits per heavy atom. The van der Waals surface area contributed by atoms with Gasteiger partial charge >= 0.3 is 0 Å². The van der Waals surface area contributed by atoms with Gasteiger partial charge in [-0.3, -0.25) is 14.8 Å². The van der Waals surface area contributed by atoms with Gasteiger partial charge in [0.25, 0.3) is 5.91 Å². The van der Waals surface area contributed by atoms with Crippen molar-refractivity contribution in [2.75, 3.05) is 17.2 Å². The van der Waals surface area contributed by atoms with E-state index in [9.17, 15) is 4.79 Å². The summed E-state index contributed by atoms with van der Waals surface area (Å²) in [5.41, 5.74) is 2.97. The van der Waals surface area contributed by atoms with E-state index in [1.807, 2.05) is 19.9 Å². The first-order chi connectivity index (χ1) is 9.20. The molecule has 0 fully saturated rings. The van der Waals surface area contributed by atoms with Gasteiger partial charge in [-0.15, -0.1) is 0 Å². The number of carbonyl (C=O) groups is 1. The molecule has 2 heterocycles. The minimum absolute atomic E-state index is 0.198. The van der Waals surface area contributed by atoms with Crippen LogP contribution in [-0.2, 0) is 0 Å². The second-order valence-electron chi connectivity index (χ2n) is 4.16. The molecule has 0 radical (unpaired) electrons. The molecule has 2 aromatic heterocycles. The number of pyridine rings is 2. The maximum Gasteiger partial charge on any atom is 0.259 e. The van der Waals surface area contributed by atoms with Crippen molar-refractivity contribution in [1.29, 1.82) is 0 Å². The molecule has 98 valence electrons. The van der Waals surface area contributed by atoms with Crippen LogP contribution in [0.25, 0.3) is 0 Å². The molecule has 0 aromatic carbocycles. The number of aromatic nitrogens is 2. The summed E-state index contributed by atoms with van der Waals surface area (Å²) in [6.45, 7) is 4.65. The number of hydrogen-bond donors (Lipinski definition) is 2. The normalized spacial score (nSPS) is 10.0. The van der Waals surface area contributed by atoms with Crippen LogP contribution in [-0.4, -0.2) is 22.4 Å². The van der Waals surface area contributed by atoms with Crippen molar-refractivity contribution in [3.05, 3.63) is 48.0 Å². The fraction of sp³-hybridized carbons (Fsp3) is 0.214. The molecule has 5 nitrogen and oxygen atoms in total. The van der Waals surface area contributed by atoms with Gasteiger partial charge in [0.1, 0.15) is 0 Å². The largest absolute Gasteiger partial charge is 0.385 e. The number of anilines is 2. The fourth-order valence-corrected chi connectivity index (χ4v) is 1.74. The molecule has 19 heavy (non-hydrogen) atoms. The van der Waals surface area contributed by atoms with E-state index < -0.39 is 0 Å². The molecule has 0 saturated carbocycles. The average Bonchev–Trinajstić information content (AvgIpc) is 2.39. The quantitative estimate of drug-likeness (QED) is 0.881. The van der Waals surface area contributed by atoms with Crippen molar-refractivity contribution in [2.45, 2.75) is 13.8 Å². The van der Waals surface area contributed by atoms with E-state index in [4.69, 9.17) is 0 Å². The van der Waals surface area contributed by atoms with Gasteiger partial charge < -0.3 is 10.6 Å². The number of carbonyl (C=O) groups excluding carboxylic acids is 1. The van der Waals surface area contributed by atoms with Gasteiger partial charge in [0.2, 0.25) is 0 Å². The zero-order chi connectivity index (χ0) is 13.7. The molecule has 1 amide bonds. The van der Waals surface area contributed by atoms with E-state index >= 15 is 0 Å². The first-order valence-corrected chi connectivity index (χ1v) is 6.11. The van der Waals surface area contributed by atoms with E-state index in [1.165, 1.54) is 0 Å². The molecule has 0 unspecified atom stereocenters. The molecule has 2 aromatic rings. The lowest BCUT2D eigenvalue weighted by atomic mass is 10.2. The Hall–Kier alpha value is -2.43. The van der Waals surface area contributed by atoms with Crippen molar-refractivity contribution in [3.63, 3.8) is 0 Å². The Balaban J connectivity index is 2.20. The highest BCUT2D eigenvalue weighted by atomic mass is 16.1. The topological polar surface area (TPSA) is 66.9 Å². The van der Waals surface area contributed by atoms with Gasteiger partial charge in [0.05, 0.1) is 23.1 Å². The van der Waals surface area contributed by atoms with Crippen LogP contribution in [0.2, 0.25) is 0 Å². The lowest BCUT2D eigenvalue weighted by molar-refractivity contribution is 0.102. The van der Waals surface area contributed by atoms with E-state index in [2.05, 4.69) is 20.6 Å². The minimum atomic E-state index is -0.198. The maximum absolute atomic E-state index is 12.2. The Kier molecular flexibility index (Phi) is 4.07. The molecule has 2 N–H and O–H groups in total. The van der Waals surface area contributed by atoms with Crippen LogP contribution in [0.5, 0.6) is 0 Å². The second kappa shape index (κ2) is 5.95. The molecule has 0 bridgehead atoms. The van der Waals surface area contributed by atoms with Crippen molar-refractivity contribution in [3.8, 4) is 0 Å². The third-order valence-electron chi connectivity index (χ3n) is 2.57. The number of amides is 1. The summed E-state index contributed by atoms with van der Waals surface area (Å²) in [6, 6.07) is 3.65. The molecule has 0 aliphatic carbocycles. The fourth-order valence-electron chi connectivity index (χ4n) is 1.74. The van der Waals surface area contributed by atoms with Gasteiger partial charge in [0, 0.05) is 25.1 Å². The molecule has 0 atom stereocenters. The van der Waals surface area contributed by atoms with Gasteiger partial charge in [-0.2, -0.15) is 0 Å². The third kappa shape index (κ3) is 3.28. The molecule has 0 saturated heterocycles. The predicted octanol–water partition coefficient (Wildman–Crippen LogP) is 2.47. The second-order valence-corrected chi connectivity index (χ2v) is 4.16. The molecule has 0 aliphatic heterocycles.